The molecular formula is C28H29F2N9O. The third-order valence-corrected chi connectivity index (χ3v) is 6.98. The summed E-state index contributed by atoms with van der Waals surface area (Å²) < 4.78 is 30.8. The molecule has 0 radical (unpaired) electrons. The first-order valence-electron chi connectivity index (χ1n) is 12.8. The average Bonchev–Trinajstić information content (AvgIpc) is 3.56. The summed E-state index contributed by atoms with van der Waals surface area (Å²) in [6.07, 6.45) is 4.07. The molecule has 1 atom stereocenters. The van der Waals surface area contributed by atoms with Gasteiger partial charge in [-0.05, 0) is 43.4 Å². The fourth-order valence-electron chi connectivity index (χ4n) is 4.62. The Bertz CT molecular complexity index is 1670. The van der Waals surface area contributed by atoms with Crippen molar-refractivity contribution >= 4 is 28.2 Å². The number of carbonyl (C=O) groups is 1. The number of hydrogen-bond acceptors (Lipinski definition) is 8. The molecule has 4 N–H and O–H groups in total. The monoisotopic (exact) mass is 545 g/mol. The van der Waals surface area contributed by atoms with Crippen LogP contribution in [0.4, 0.5) is 20.2 Å². The minimum Gasteiger partial charge on any atom is -0.383 e. The first kappa shape index (κ1) is 26.9. The lowest BCUT2D eigenvalue weighted by Crippen LogP contribution is -2.34. The number of fused-ring (bicyclic) bond motifs is 1. The third-order valence-electron chi connectivity index (χ3n) is 6.98. The maximum absolute atomic E-state index is 15.4. The summed E-state index contributed by atoms with van der Waals surface area (Å²) in [6, 6.07) is 7.19. The zero-order valence-corrected chi connectivity index (χ0v) is 22.6. The SMILES string of the molecule is Cc1nc(F)ccc1[C@H](Nc1cc(F)c2ncc(C#N)c(NCC(C)(C)C)c2c1)c1cn(C2(C(N)=O)CC2)nn1. The molecule has 1 aliphatic rings. The highest BCUT2D eigenvalue weighted by atomic mass is 19.1. The van der Waals surface area contributed by atoms with E-state index in [9.17, 15) is 14.4 Å². The zero-order valence-electron chi connectivity index (χ0n) is 22.6. The van der Waals surface area contributed by atoms with Crippen molar-refractivity contribution in [3.05, 3.63) is 70.9 Å². The molecule has 0 saturated heterocycles. The van der Waals surface area contributed by atoms with Gasteiger partial charge in [-0.2, -0.15) is 9.65 Å². The number of nitrogens with one attached hydrogen (secondary N) is 2. The standard InChI is InChI=1S/C28H29F2N9O/c1-15-18(5-6-22(30)35-15)25(21-13-39(38-37-21)28(7-8-28)26(32)40)36-17-9-19-23(34-14-27(2,3)4)16(11-31)12-33-24(19)20(29)10-17/h5-6,9-10,12-13,25,36H,7-8,14H2,1-4H3,(H2,32,40)(H,33,34)/t25-/m0/s1. The van der Waals surface area contributed by atoms with E-state index in [2.05, 4.69) is 37.0 Å². The smallest absolute Gasteiger partial charge is 0.245 e. The molecule has 1 aromatic carbocycles. The van der Waals surface area contributed by atoms with Gasteiger partial charge in [0.2, 0.25) is 11.9 Å². The van der Waals surface area contributed by atoms with E-state index in [4.69, 9.17) is 5.73 Å². The molecule has 206 valence electrons. The van der Waals surface area contributed by atoms with Gasteiger partial charge in [-0.3, -0.25) is 9.78 Å². The lowest BCUT2D eigenvalue weighted by molar-refractivity contribution is -0.122. The number of aromatic nitrogens is 5. The second-order valence-corrected chi connectivity index (χ2v) is 11.3. The predicted molar refractivity (Wildman–Crippen MR) is 145 cm³/mol. The van der Waals surface area contributed by atoms with Gasteiger partial charge in [-0.1, -0.05) is 32.1 Å². The summed E-state index contributed by atoms with van der Waals surface area (Å²) in [5, 5.41) is 25.2. The Morgan fingerprint density at radius 1 is 1.27 bits per heavy atom. The first-order chi connectivity index (χ1) is 18.9. The number of hydrogen-bond donors (Lipinski definition) is 3. The molecule has 0 bridgehead atoms. The topological polar surface area (TPSA) is 147 Å². The Balaban J connectivity index is 1.61. The second kappa shape index (κ2) is 9.82. The molecule has 1 fully saturated rings. The van der Waals surface area contributed by atoms with E-state index in [0.717, 1.165) is 0 Å². The van der Waals surface area contributed by atoms with Gasteiger partial charge in [-0.15, -0.1) is 5.10 Å². The van der Waals surface area contributed by atoms with E-state index in [1.807, 2.05) is 20.8 Å². The molecule has 3 heterocycles. The summed E-state index contributed by atoms with van der Waals surface area (Å²) in [5.41, 5.74) is 7.19. The number of halogens is 2. The van der Waals surface area contributed by atoms with E-state index in [1.165, 1.54) is 23.0 Å². The van der Waals surface area contributed by atoms with Crippen molar-refractivity contribution < 1.29 is 13.6 Å². The third kappa shape index (κ3) is 5.02. The van der Waals surface area contributed by atoms with Crippen molar-refractivity contribution in [1.29, 1.82) is 5.26 Å². The number of primary amides is 1. The molecule has 1 saturated carbocycles. The number of carbonyl (C=O) groups excluding carboxylic acids is 1. The molecule has 1 amide bonds. The van der Waals surface area contributed by atoms with Gasteiger partial charge >= 0.3 is 0 Å². The van der Waals surface area contributed by atoms with Gasteiger partial charge in [0, 0.05) is 35.1 Å². The quantitative estimate of drug-likeness (QED) is 0.278. The highest BCUT2D eigenvalue weighted by Crippen LogP contribution is 2.43. The number of anilines is 2. The van der Waals surface area contributed by atoms with Crippen LogP contribution in [0.5, 0.6) is 0 Å². The van der Waals surface area contributed by atoms with Crippen LogP contribution in [0.3, 0.4) is 0 Å². The van der Waals surface area contributed by atoms with Gasteiger partial charge in [0.05, 0.1) is 23.5 Å². The van der Waals surface area contributed by atoms with Gasteiger partial charge < -0.3 is 16.4 Å². The maximum atomic E-state index is 15.4. The van der Waals surface area contributed by atoms with Crippen LogP contribution in [0.1, 0.15) is 62.2 Å². The van der Waals surface area contributed by atoms with Gasteiger partial charge in [0.1, 0.15) is 22.8 Å². The first-order valence-corrected chi connectivity index (χ1v) is 12.8. The Kier molecular flexibility index (Phi) is 6.61. The molecular weight excluding hydrogens is 516 g/mol. The number of rotatable bonds is 8. The average molecular weight is 546 g/mol. The van der Waals surface area contributed by atoms with Crippen LogP contribution >= 0.6 is 0 Å². The molecule has 0 unspecified atom stereocenters. The summed E-state index contributed by atoms with van der Waals surface area (Å²) in [6.45, 7) is 8.33. The molecule has 0 aliphatic heterocycles. The number of nitrogens with zero attached hydrogens (tertiary/aromatic N) is 6. The summed E-state index contributed by atoms with van der Waals surface area (Å²) >= 11 is 0. The van der Waals surface area contributed by atoms with Crippen molar-refractivity contribution in [1.82, 2.24) is 25.0 Å². The molecule has 12 heteroatoms. The van der Waals surface area contributed by atoms with Crippen LogP contribution in [0.15, 0.2) is 36.7 Å². The normalized spacial score (nSPS) is 14.9. The maximum Gasteiger partial charge on any atom is 0.245 e. The number of nitrogens with two attached hydrogens (primary N) is 1. The van der Waals surface area contributed by atoms with Crippen LogP contribution in [-0.2, 0) is 10.3 Å². The van der Waals surface area contributed by atoms with Gasteiger partial charge in [-0.25, -0.2) is 14.1 Å². The van der Waals surface area contributed by atoms with Crippen LogP contribution < -0.4 is 16.4 Å². The number of nitriles is 1. The summed E-state index contributed by atoms with van der Waals surface area (Å²) in [4.78, 5) is 20.2. The van der Waals surface area contributed by atoms with Crippen LogP contribution in [0.25, 0.3) is 10.9 Å². The van der Waals surface area contributed by atoms with Crippen LogP contribution in [-0.4, -0.2) is 37.4 Å². The van der Waals surface area contributed by atoms with Crippen molar-refractivity contribution in [2.75, 3.05) is 17.2 Å². The van der Waals surface area contributed by atoms with Crippen LogP contribution in [0, 0.1) is 35.4 Å². The van der Waals surface area contributed by atoms with E-state index < -0.39 is 29.3 Å². The minimum absolute atomic E-state index is 0.107. The Hall–Kier alpha value is -4.66. The molecule has 5 rings (SSSR count). The van der Waals surface area contributed by atoms with E-state index >= 15 is 4.39 Å². The Morgan fingerprint density at radius 2 is 2.02 bits per heavy atom. The fourth-order valence-corrected chi connectivity index (χ4v) is 4.62. The number of aryl methyl sites for hydroxylation is 1. The molecule has 40 heavy (non-hydrogen) atoms. The molecule has 0 spiro atoms. The highest BCUT2D eigenvalue weighted by molar-refractivity contribution is 5.96. The number of amides is 1. The lowest BCUT2D eigenvalue weighted by Gasteiger charge is -2.22. The van der Waals surface area contributed by atoms with Gasteiger partial charge in [0.15, 0.2) is 5.82 Å². The molecule has 10 nitrogen and oxygen atoms in total. The zero-order chi connectivity index (χ0) is 28.8. The highest BCUT2D eigenvalue weighted by Gasteiger charge is 2.52. The van der Waals surface area contributed by atoms with E-state index in [0.29, 0.717) is 53.1 Å². The second-order valence-electron chi connectivity index (χ2n) is 11.3. The molecule has 4 aromatic rings. The van der Waals surface area contributed by atoms with E-state index in [1.54, 1.807) is 25.3 Å². The van der Waals surface area contributed by atoms with Crippen LogP contribution in [0.2, 0.25) is 0 Å². The Labute approximate surface area is 229 Å². The fraction of sp³-hybridized carbons (Fsp3) is 0.357. The largest absolute Gasteiger partial charge is 0.383 e. The van der Waals surface area contributed by atoms with Crippen molar-refractivity contribution in [2.24, 2.45) is 11.1 Å². The summed E-state index contributed by atoms with van der Waals surface area (Å²) in [5.74, 6) is -1.73. The van der Waals surface area contributed by atoms with Gasteiger partial charge in [0.25, 0.3) is 0 Å². The van der Waals surface area contributed by atoms with Crippen molar-refractivity contribution in [3.8, 4) is 6.07 Å². The molecule has 1 aliphatic carbocycles. The van der Waals surface area contributed by atoms with Crippen molar-refractivity contribution in [3.63, 3.8) is 0 Å². The Morgan fingerprint density at radius 3 is 2.65 bits per heavy atom. The van der Waals surface area contributed by atoms with Crippen molar-refractivity contribution in [2.45, 2.75) is 52.1 Å². The lowest BCUT2D eigenvalue weighted by atomic mass is 9.96. The predicted octanol–water partition coefficient (Wildman–Crippen LogP) is 4.31. The molecule has 3 aromatic heterocycles. The summed E-state index contributed by atoms with van der Waals surface area (Å²) in [7, 11) is 0. The minimum atomic E-state index is -0.923. The number of benzene rings is 1. The number of pyridine rings is 2. The van der Waals surface area contributed by atoms with E-state index in [-0.39, 0.29) is 16.5 Å².